The molecule has 0 bridgehead atoms. The summed E-state index contributed by atoms with van der Waals surface area (Å²) in [6, 6.07) is 7.44. The maximum atomic E-state index is 5.12. The molecular formula is C11H8N2OS. The first kappa shape index (κ1) is 9.77. The number of aliphatic imine (C=N–C) groups is 1. The van der Waals surface area contributed by atoms with Gasteiger partial charge in [0.1, 0.15) is 5.75 Å². The molecule has 0 aliphatic rings. The van der Waals surface area contributed by atoms with Crippen LogP contribution in [0.25, 0.3) is 10.9 Å². The van der Waals surface area contributed by atoms with Crippen LogP contribution in [0.3, 0.4) is 0 Å². The van der Waals surface area contributed by atoms with E-state index in [1.54, 1.807) is 19.4 Å². The maximum Gasteiger partial charge on any atom is 0.121 e. The second-order valence-corrected chi connectivity index (χ2v) is 3.10. The molecule has 0 spiro atoms. The molecule has 74 valence electrons. The number of rotatable bonds is 2. The van der Waals surface area contributed by atoms with Crippen molar-refractivity contribution in [2.45, 2.75) is 0 Å². The largest absolute Gasteiger partial charge is 0.497 e. The molecule has 0 aliphatic carbocycles. The van der Waals surface area contributed by atoms with Crippen LogP contribution in [0.15, 0.2) is 35.5 Å². The van der Waals surface area contributed by atoms with Crippen LogP contribution in [0.5, 0.6) is 5.75 Å². The molecule has 2 rings (SSSR count). The Morgan fingerprint density at radius 2 is 2.27 bits per heavy atom. The fraction of sp³-hybridized carbons (Fsp3) is 0.0909. The second kappa shape index (κ2) is 4.17. The van der Waals surface area contributed by atoms with Crippen LogP contribution in [0.4, 0.5) is 5.69 Å². The lowest BCUT2D eigenvalue weighted by molar-refractivity contribution is 0.415. The molecule has 0 aliphatic heterocycles. The van der Waals surface area contributed by atoms with Crippen molar-refractivity contribution >= 4 is 34.0 Å². The Morgan fingerprint density at radius 3 is 3.00 bits per heavy atom. The van der Waals surface area contributed by atoms with Gasteiger partial charge in [-0.05, 0) is 30.4 Å². The van der Waals surface area contributed by atoms with Crippen LogP contribution in [0.2, 0.25) is 0 Å². The highest BCUT2D eigenvalue weighted by Gasteiger charge is 2.01. The van der Waals surface area contributed by atoms with E-state index in [-0.39, 0.29) is 0 Å². The molecule has 0 radical (unpaired) electrons. The van der Waals surface area contributed by atoms with E-state index in [1.165, 1.54) is 0 Å². The number of hydrogen-bond acceptors (Lipinski definition) is 4. The Kier molecular flexibility index (Phi) is 2.72. The lowest BCUT2D eigenvalue weighted by Crippen LogP contribution is -1.84. The van der Waals surface area contributed by atoms with Gasteiger partial charge in [0.15, 0.2) is 0 Å². The monoisotopic (exact) mass is 216 g/mol. The Balaban J connectivity index is 2.71. The predicted molar refractivity (Wildman–Crippen MR) is 63.0 cm³/mol. The van der Waals surface area contributed by atoms with Crippen molar-refractivity contribution in [2.75, 3.05) is 7.11 Å². The molecule has 0 saturated heterocycles. The minimum Gasteiger partial charge on any atom is -0.497 e. The first-order valence-corrected chi connectivity index (χ1v) is 4.76. The summed E-state index contributed by atoms with van der Waals surface area (Å²) >= 11 is 4.58. The van der Waals surface area contributed by atoms with Crippen LogP contribution in [0, 0.1) is 0 Å². The summed E-state index contributed by atoms with van der Waals surface area (Å²) in [4.78, 5) is 8.21. The molecule has 0 fully saturated rings. The second-order valence-electron chi connectivity index (χ2n) is 2.92. The van der Waals surface area contributed by atoms with Gasteiger partial charge in [-0.2, -0.15) is 4.99 Å². The van der Waals surface area contributed by atoms with Gasteiger partial charge < -0.3 is 4.74 Å². The van der Waals surface area contributed by atoms with E-state index in [1.807, 2.05) is 18.2 Å². The summed E-state index contributed by atoms with van der Waals surface area (Å²) in [5, 5.41) is 3.29. The van der Waals surface area contributed by atoms with Crippen molar-refractivity contribution in [2.24, 2.45) is 4.99 Å². The summed E-state index contributed by atoms with van der Waals surface area (Å²) in [5.41, 5.74) is 1.61. The molecular weight excluding hydrogens is 208 g/mol. The van der Waals surface area contributed by atoms with Crippen molar-refractivity contribution in [3.8, 4) is 5.75 Å². The molecule has 15 heavy (non-hydrogen) atoms. The molecule has 1 heterocycles. The third kappa shape index (κ3) is 1.86. The molecule has 0 unspecified atom stereocenters. The summed E-state index contributed by atoms with van der Waals surface area (Å²) < 4.78 is 5.12. The van der Waals surface area contributed by atoms with Gasteiger partial charge in [0, 0.05) is 17.6 Å². The molecule has 1 aromatic heterocycles. The predicted octanol–water partition coefficient (Wildman–Crippen LogP) is 2.98. The highest BCUT2D eigenvalue weighted by Crippen LogP contribution is 2.26. The number of methoxy groups -OCH3 is 1. The zero-order valence-electron chi connectivity index (χ0n) is 8.10. The topological polar surface area (TPSA) is 34.5 Å². The van der Waals surface area contributed by atoms with Gasteiger partial charge in [-0.15, -0.1) is 0 Å². The average Bonchev–Trinajstić information content (AvgIpc) is 2.29. The number of fused-ring (bicyclic) bond motifs is 1. The van der Waals surface area contributed by atoms with Crippen molar-refractivity contribution in [3.63, 3.8) is 0 Å². The van der Waals surface area contributed by atoms with Gasteiger partial charge in [-0.25, -0.2) is 0 Å². The van der Waals surface area contributed by atoms with Gasteiger partial charge in [0.05, 0.1) is 23.5 Å². The Hall–Kier alpha value is -1.77. The van der Waals surface area contributed by atoms with Gasteiger partial charge in [-0.3, -0.25) is 4.98 Å². The molecule has 1 aromatic carbocycles. The maximum absolute atomic E-state index is 5.12. The van der Waals surface area contributed by atoms with Crippen LogP contribution >= 0.6 is 12.2 Å². The molecule has 4 heteroatoms. The Morgan fingerprint density at radius 1 is 1.40 bits per heavy atom. The van der Waals surface area contributed by atoms with Gasteiger partial charge in [0.2, 0.25) is 0 Å². The highest BCUT2D eigenvalue weighted by atomic mass is 32.1. The Labute approximate surface area is 92.4 Å². The first-order chi connectivity index (χ1) is 7.35. The number of nitrogens with zero attached hydrogens (tertiary/aromatic N) is 2. The third-order valence-corrected chi connectivity index (χ3v) is 2.18. The lowest BCUT2D eigenvalue weighted by Gasteiger charge is -2.02. The zero-order valence-corrected chi connectivity index (χ0v) is 8.91. The zero-order chi connectivity index (χ0) is 10.7. The van der Waals surface area contributed by atoms with E-state index in [4.69, 9.17) is 4.74 Å². The van der Waals surface area contributed by atoms with E-state index < -0.39 is 0 Å². The summed E-state index contributed by atoms with van der Waals surface area (Å²) in [6.07, 6.45) is 1.69. The quantitative estimate of drug-likeness (QED) is 0.571. The molecule has 0 saturated carbocycles. The molecule has 0 atom stereocenters. The fourth-order valence-corrected chi connectivity index (χ4v) is 1.48. The van der Waals surface area contributed by atoms with Gasteiger partial charge >= 0.3 is 0 Å². The lowest BCUT2D eigenvalue weighted by atomic mass is 10.2. The third-order valence-electron chi connectivity index (χ3n) is 2.09. The SMILES string of the molecule is COc1ccc2c(N=C=S)ccnc2c1. The minimum absolute atomic E-state index is 0.776. The number of isothiocyanates is 1. The van der Waals surface area contributed by atoms with Gasteiger partial charge in [0.25, 0.3) is 0 Å². The molecule has 2 aromatic rings. The summed E-state index contributed by atoms with van der Waals surface area (Å²) in [5.74, 6) is 0.776. The van der Waals surface area contributed by atoms with E-state index >= 15 is 0 Å². The smallest absolute Gasteiger partial charge is 0.121 e. The number of ether oxygens (including phenoxy) is 1. The molecule has 0 amide bonds. The highest BCUT2D eigenvalue weighted by molar-refractivity contribution is 7.78. The van der Waals surface area contributed by atoms with E-state index in [2.05, 4.69) is 27.4 Å². The van der Waals surface area contributed by atoms with E-state index in [0.29, 0.717) is 0 Å². The fourth-order valence-electron chi connectivity index (χ4n) is 1.39. The average molecular weight is 216 g/mol. The summed E-state index contributed by atoms with van der Waals surface area (Å²) in [6.45, 7) is 0. The van der Waals surface area contributed by atoms with E-state index in [0.717, 1.165) is 22.3 Å². The Bertz CT molecular complexity index is 547. The van der Waals surface area contributed by atoms with Crippen molar-refractivity contribution in [3.05, 3.63) is 30.5 Å². The number of thiocarbonyl (C=S) groups is 1. The number of benzene rings is 1. The van der Waals surface area contributed by atoms with Crippen LogP contribution < -0.4 is 4.74 Å². The van der Waals surface area contributed by atoms with Crippen molar-refractivity contribution in [1.29, 1.82) is 0 Å². The van der Waals surface area contributed by atoms with Crippen LogP contribution in [-0.2, 0) is 0 Å². The minimum atomic E-state index is 0.776. The number of aromatic nitrogens is 1. The standard InChI is InChI=1S/C11H8N2OS/c1-14-8-2-3-9-10(13-7-15)4-5-12-11(9)6-8/h2-6H,1H3. The number of pyridine rings is 1. The van der Waals surface area contributed by atoms with Crippen LogP contribution in [0.1, 0.15) is 0 Å². The van der Waals surface area contributed by atoms with Crippen LogP contribution in [-0.4, -0.2) is 17.3 Å². The van der Waals surface area contributed by atoms with Gasteiger partial charge in [-0.1, -0.05) is 0 Å². The van der Waals surface area contributed by atoms with Crippen molar-refractivity contribution in [1.82, 2.24) is 4.98 Å². The van der Waals surface area contributed by atoms with Crippen molar-refractivity contribution < 1.29 is 4.74 Å². The normalized spacial score (nSPS) is 9.67. The molecule has 0 N–H and O–H groups in total. The first-order valence-electron chi connectivity index (χ1n) is 4.36. The molecule has 3 nitrogen and oxygen atoms in total. The number of hydrogen-bond donors (Lipinski definition) is 0. The van der Waals surface area contributed by atoms with E-state index in [9.17, 15) is 0 Å². The summed E-state index contributed by atoms with van der Waals surface area (Å²) in [7, 11) is 1.63.